The zero-order valence-electron chi connectivity index (χ0n) is 15.1. The van der Waals surface area contributed by atoms with E-state index in [1.165, 1.54) is 0 Å². The van der Waals surface area contributed by atoms with E-state index in [1.54, 1.807) is 0 Å². The third-order valence-electron chi connectivity index (χ3n) is 5.33. The Labute approximate surface area is 150 Å². The van der Waals surface area contributed by atoms with Crippen LogP contribution in [0.15, 0.2) is 30.3 Å². The SMILES string of the molecule is C[C@H](CCN1CCOCC1)OC(=O)C1(c2ccccc2)CCOCC1. The van der Waals surface area contributed by atoms with Crippen LogP contribution in [-0.4, -0.2) is 63.0 Å². The number of benzene rings is 1. The molecule has 1 atom stereocenters. The molecule has 1 aromatic carbocycles. The highest BCUT2D eigenvalue weighted by molar-refractivity contribution is 5.83. The molecule has 5 heteroatoms. The van der Waals surface area contributed by atoms with Gasteiger partial charge in [-0.1, -0.05) is 30.3 Å². The van der Waals surface area contributed by atoms with Crippen LogP contribution in [0.1, 0.15) is 31.7 Å². The summed E-state index contributed by atoms with van der Waals surface area (Å²) >= 11 is 0. The van der Waals surface area contributed by atoms with Gasteiger partial charge < -0.3 is 14.2 Å². The van der Waals surface area contributed by atoms with E-state index in [2.05, 4.69) is 4.90 Å². The van der Waals surface area contributed by atoms with Gasteiger partial charge in [-0.05, 0) is 31.7 Å². The fourth-order valence-corrected chi connectivity index (χ4v) is 3.63. The molecule has 0 saturated carbocycles. The first-order chi connectivity index (χ1) is 12.2. The Morgan fingerprint density at radius 2 is 1.76 bits per heavy atom. The number of ether oxygens (including phenoxy) is 3. The van der Waals surface area contributed by atoms with E-state index in [4.69, 9.17) is 14.2 Å². The molecule has 2 aliphatic heterocycles. The molecule has 2 saturated heterocycles. The van der Waals surface area contributed by atoms with Gasteiger partial charge in [-0.15, -0.1) is 0 Å². The van der Waals surface area contributed by atoms with E-state index in [0.717, 1.165) is 44.8 Å². The maximum Gasteiger partial charge on any atom is 0.317 e. The summed E-state index contributed by atoms with van der Waals surface area (Å²) in [6.45, 7) is 7.67. The Bertz CT molecular complexity index is 536. The molecule has 25 heavy (non-hydrogen) atoms. The first kappa shape index (κ1) is 18.4. The van der Waals surface area contributed by atoms with Crippen molar-refractivity contribution in [2.24, 2.45) is 0 Å². The minimum Gasteiger partial charge on any atom is -0.462 e. The summed E-state index contributed by atoms with van der Waals surface area (Å²) in [6.07, 6.45) is 2.14. The van der Waals surface area contributed by atoms with Crippen LogP contribution in [0.25, 0.3) is 0 Å². The number of nitrogens with zero attached hydrogens (tertiary/aromatic N) is 1. The predicted molar refractivity (Wildman–Crippen MR) is 95.6 cm³/mol. The molecule has 0 N–H and O–H groups in total. The topological polar surface area (TPSA) is 48.0 Å². The largest absolute Gasteiger partial charge is 0.462 e. The van der Waals surface area contributed by atoms with Gasteiger partial charge in [0.05, 0.1) is 18.6 Å². The van der Waals surface area contributed by atoms with Crippen molar-refractivity contribution in [1.82, 2.24) is 4.90 Å². The lowest BCUT2D eigenvalue weighted by Crippen LogP contribution is -2.44. The molecule has 5 nitrogen and oxygen atoms in total. The number of morpholine rings is 1. The number of rotatable bonds is 6. The van der Waals surface area contributed by atoms with Crippen LogP contribution < -0.4 is 0 Å². The van der Waals surface area contributed by atoms with Gasteiger partial charge >= 0.3 is 5.97 Å². The second-order valence-electron chi connectivity index (χ2n) is 7.02. The van der Waals surface area contributed by atoms with Crippen molar-refractivity contribution in [2.45, 2.75) is 37.7 Å². The first-order valence-corrected chi connectivity index (χ1v) is 9.35. The quantitative estimate of drug-likeness (QED) is 0.740. The van der Waals surface area contributed by atoms with E-state index in [1.807, 2.05) is 37.3 Å². The van der Waals surface area contributed by atoms with E-state index in [-0.39, 0.29) is 12.1 Å². The van der Waals surface area contributed by atoms with Gasteiger partial charge in [-0.2, -0.15) is 0 Å². The summed E-state index contributed by atoms with van der Waals surface area (Å²) in [5.74, 6) is -0.100. The number of esters is 1. The zero-order valence-corrected chi connectivity index (χ0v) is 15.1. The maximum absolute atomic E-state index is 13.1. The van der Waals surface area contributed by atoms with Crippen LogP contribution >= 0.6 is 0 Å². The van der Waals surface area contributed by atoms with Crippen LogP contribution in [0.3, 0.4) is 0 Å². The molecule has 138 valence electrons. The summed E-state index contributed by atoms with van der Waals surface area (Å²) in [5, 5.41) is 0. The summed E-state index contributed by atoms with van der Waals surface area (Å²) in [5.41, 5.74) is 0.482. The smallest absolute Gasteiger partial charge is 0.317 e. The molecule has 3 rings (SSSR count). The monoisotopic (exact) mass is 347 g/mol. The summed E-state index contributed by atoms with van der Waals surface area (Å²) < 4.78 is 16.8. The fraction of sp³-hybridized carbons (Fsp3) is 0.650. The van der Waals surface area contributed by atoms with Crippen molar-refractivity contribution in [2.75, 3.05) is 46.1 Å². The molecule has 0 radical (unpaired) electrons. The minimum atomic E-state index is -0.563. The molecule has 0 amide bonds. The van der Waals surface area contributed by atoms with Crippen LogP contribution in [0.2, 0.25) is 0 Å². The van der Waals surface area contributed by atoms with Crippen molar-refractivity contribution in [1.29, 1.82) is 0 Å². The lowest BCUT2D eigenvalue weighted by atomic mass is 9.74. The first-order valence-electron chi connectivity index (χ1n) is 9.35. The van der Waals surface area contributed by atoms with E-state index < -0.39 is 5.41 Å². The maximum atomic E-state index is 13.1. The van der Waals surface area contributed by atoms with Crippen LogP contribution in [0.4, 0.5) is 0 Å². The van der Waals surface area contributed by atoms with Crippen molar-refractivity contribution < 1.29 is 19.0 Å². The van der Waals surface area contributed by atoms with Crippen molar-refractivity contribution >= 4 is 5.97 Å². The van der Waals surface area contributed by atoms with Crippen LogP contribution in [-0.2, 0) is 24.4 Å². The van der Waals surface area contributed by atoms with Crippen LogP contribution in [0, 0.1) is 0 Å². The standard InChI is InChI=1S/C20H29NO4/c1-17(7-10-21-11-15-24-16-12-21)25-19(22)20(8-13-23-14-9-20)18-5-3-2-4-6-18/h2-6,17H,7-16H2,1H3/t17-/m1/s1. The van der Waals surface area contributed by atoms with Crippen molar-refractivity contribution in [3.05, 3.63) is 35.9 Å². The molecule has 0 bridgehead atoms. The van der Waals surface area contributed by atoms with Gasteiger partial charge in [0.2, 0.25) is 0 Å². The Hall–Kier alpha value is -1.43. The molecule has 2 aliphatic rings. The molecule has 0 spiro atoms. The highest BCUT2D eigenvalue weighted by atomic mass is 16.5. The number of hydrogen-bond acceptors (Lipinski definition) is 5. The van der Waals surface area contributed by atoms with Gasteiger partial charge in [0.15, 0.2) is 0 Å². The molecule has 2 heterocycles. The van der Waals surface area contributed by atoms with E-state index >= 15 is 0 Å². The molecule has 1 aromatic rings. The number of carbonyl (C=O) groups excluding carboxylic acids is 1. The second-order valence-corrected chi connectivity index (χ2v) is 7.02. The van der Waals surface area contributed by atoms with Gasteiger partial charge in [-0.3, -0.25) is 9.69 Å². The van der Waals surface area contributed by atoms with Gasteiger partial charge in [0.25, 0.3) is 0 Å². The molecular weight excluding hydrogens is 318 g/mol. The summed E-state index contributed by atoms with van der Waals surface area (Å²) in [7, 11) is 0. The van der Waals surface area contributed by atoms with Gasteiger partial charge in [0, 0.05) is 32.8 Å². The lowest BCUT2D eigenvalue weighted by molar-refractivity contribution is -0.160. The molecular formula is C20H29NO4. The summed E-state index contributed by atoms with van der Waals surface area (Å²) in [6, 6.07) is 10.0. The molecule has 0 unspecified atom stereocenters. The average Bonchev–Trinajstić information content (AvgIpc) is 2.68. The zero-order chi connectivity index (χ0) is 17.5. The van der Waals surface area contributed by atoms with Crippen LogP contribution in [0.5, 0.6) is 0 Å². The van der Waals surface area contributed by atoms with Gasteiger partial charge in [0.1, 0.15) is 6.10 Å². The Morgan fingerprint density at radius 3 is 2.44 bits per heavy atom. The fourth-order valence-electron chi connectivity index (χ4n) is 3.63. The number of carbonyl (C=O) groups is 1. The Kier molecular flexibility index (Phi) is 6.45. The molecule has 2 fully saturated rings. The van der Waals surface area contributed by atoms with Crippen molar-refractivity contribution in [3.8, 4) is 0 Å². The Morgan fingerprint density at radius 1 is 1.12 bits per heavy atom. The minimum absolute atomic E-state index is 0.0845. The highest BCUT2D eigenvalue weighted by Gasteiger charge is 2.43. The number of hydrogen-bond donors (Lipinski definition) is 0. The molecule has 0 aliphatic carbocycles. The lowest BCUT2D eigenvalue weighted by Gasteiger charge is -2.36. The normalized spacial score (nSPS) is 22.3. The Balaban J connectivity index is 1.60. The summed E-state index contributed by atoms with van der Waals surface area (Å²) in [4.78, 5) is 15.4. The van der Waals surface area contributed by atoms with E-state index in [9.17, 15) is 4.79 Å². The third kappa shape index (κ3) is 4.60. The second kappa shape index (κ2) is 8.79. The predicted octanol–water partition coefficient (Wildman–Crippen LogP) is 2.39. The highest BCUT2D eigenvalue weighted by Crippen LogP contribution is 2.36. The molecule has 0 aromatic heterocycles. The van der Waals surface area contributed by atoms with Crippen molar-refractivity contribution in [3.63, 3.8) is 0 Å². The van der Waals surface area contributed by atoms with E-state index in [0.29, 0.717) is 26.1 Å². The average molecular weight is 347 g/mol. The third-order valence-corrected chi connectivity index (χ3v) is 5.33. The van der Waals surface area contributed by atoms with Gasteiger partial charge in [-0.25, -0.2) is 0 Å².